The minimum Gasteiger partial charge on any atom is -0.356 e. The highest BCUT2D eigenvalue weighted by Gasteiger charge is 2.17. The fourth-order valence-corrected chi connectivity index (χ4v) is 1.82. The molecule has 1 rings (SSSR count). The van der Waals surface area contributed by atoms with Crippen LogP contribution < -0.4 is 5.32 Å². The van der Waals surface area contributed by atoms with Gasteiger partial charge in [-0.2, -0.15) is 0 Å². The molecule has 0 aromatic heterocycles. The third-order valence-corrected chi connectivity index (χ3v) is 2.78. The molecular weight excluding hydrogens is 150 g/mol. The van der Waals surface area contributed by atoms with Gasteiger partial charge in [0.1, 0.15) is 0 Å². The van der Waals surface area contributed by atoms with Crippen LogP contribution in [0, 0.1) is 11.8 Å². The maximum absolute atomic E-state index is 10.6. The van der Waals surface area contributed by atoms with Crippen LogP contribution in [0.15, 0.2) is 0 Å². The molecule has 0 aromatic rings. The van der Waals surface area contributed by atoms with Gasteiger partial charge < -0.3 is 5.32 Å². The Hall–Kier alpha value is -0.530. The summed E-state index contributed by atoms with van der Waals surface area (Å²) in [5.74, 6) is 1.75. The van der Waals surface area contributed by atoms with Crippen LogP contribution in [0.5, 0.6) is 0 Å². The van der Waals surface area contributed by atoms with Crippen LogP contribution in [-0.4, -0.2) is 12.5 Å². The Morgan fingerprint density at radius 3 is 2.42 bits per heavy atom. The lowest BCUT2D eigenvalue weighted by molar-refractivity contribution is -0.119. The van der Waals surface area contributed by atoms with E-state index in [4.69, 9.17) is 0 Å². The molecule has 0 atom stereocenters. The first-order valence-corrected chi connectivity index (χ1v) is 4.93. The SMILES string of the molecule is CC(=O)NC[C@H]1CC[C@H](C)CC1. The van der Waals surface area contributed by atoms with Gasteiger partial charge in [0.25, 0.3) is 0 Å². The standard InChI is InChI=1S/C10H19NO/c1-8-3-5-10(6-4-8)7-11-9(2)12/h8,10H,3-7H2,1-2H3,(H,11,12)/t8-,10-. The lowest BCUT2D eigenvalue weighted by atomic mass is 9.83. The Bertz CT molecular complexity index is 148. The van der Waals surface area contributed by atoms with Crippen molar-refractivity contribution in [1.82, 2.24) is 5.32 Å². The number of carbonyl (C=O) groups is 1. The third kappa shape index (κ3) is 3.24. The van der Waals surface area contributed by atoms with E-state index in [1.54, 1.807) is 6.92 Å². The van der Waals surface area contributed by atoms with Gasteiger partial charge in [0.2, 0.25) is 5.91 Å². The maximum atomic E-state index is 10.6. The molecule has 1 aliphatic carbocycles. The topological polar surface area (TPSA) is 29.1 Å². The summed E-state index contributed by atoms with van der Waals surface area (Å²) in [6.45, 7) is 4.79. The molecule has 0 aromatic carbocycles. The molecule has 12 heavy (non-hydrogen) atoms. The molecule has 0 saturated heterocycles. The Morgan fingerprint density at radius 2 is 1.92 bits per heavy atom. The second-order valence-corrected chi connectivity index (χ2v) is 4.06. The first-order valence-electron chi connectivity index (χ1n) is 4.93. The van der Waals surface area contributed by atoms with Crippen LogP contribution >= 0.6 is 0 Å². The zero-order valence-corrected chi connectivity index (χ0v) is 8.10. The molecule has 0 unspecified atom stereocenters. The van der Waals surface area contributed by atoms with Crippen LogP contribution in [0.1, 0.15) is 39.5 Å². The molecule has 1 amide bonds. The van der Waals surface area contributed by atoms with E-state index in [9.17, 15) is 4.79 Å². The Kier molecular flexibility index (Phi) is 3.57. The summed E-state index contributed by atoms with van der Waals surface area (Å²) < 4.78 is 0. The molecule has 0 heterocycles. The predicted molar refractivity (Wildman–Crippen MR) is 49.8 cm³/mol. The van der Waals surface area contributed by atoms with Gasteiger partial charge in [-0.25, -0.2) is 0 Å². The highest BCUT2D eigenvalue weighted by Crippen LogP contribution is 2.27. The summed E-state index contributed by atoms with van der Waals surface area (Å²) in [4.78, 5) is 10.6. The lowest BCUT2D eigenvalue weighted by Gasteiger charge is -2.25. The summed E-state index contributed by atoms with van der Waals surface area (Å²) in [5, 5.41) is 2.89. The minimum atomic E-state index is 0.105. The Morgan fingerprint density at radius 1 is 1.33 bits per heavy atom. The molecule has 2 heteroatoms. The van der Waals surface area contributed by atoms with E-state index in [2.05, 4.69) is 12.2 Å². The average Bonchev–Trinajstić information content (AvgIpc) is 2.03. The van der Waals surface area contributed by atoms with Gasteiger partial charge in [-0.15, -0.1) is 0 Å². The van der Waals surface area contributed by atoms with Crippen molar-refractivity contribution in [2.75, 3.05) is 6.54 Å². The van der Waals surface area contributed by atoms with Gasteiger partial charge in [0.15, 0.2) is 0 Å². The normalized spacial score (nSPS) is 29.8. The highest BCUT2D eigenvalue weighted by molar-refractivity contribution is 5.72. The Labute approximate surface area is 74.7 Å². The second kappa shape index (κ2) is 4.48. The average molecular weight is 169 g/mol. The van der Waals surface area contributed by atoms with Crippen LogP contribution in [0.3, 0.4) is 0 Å². The van der Waals surface area contributed by atoms with E-state index < -0.39 is 0 Å². The summed E-state index contributed by atoms with van der Waals surface area (Å²) in [6, 6.07) is 0. The van der Waals surface area contributed by atoms with E-state index >= 15 is 0 Å². The zero-order chi connectivity index (χ0) is 8.97. The van der Waals surface area contributed by atoms with Crippen LogP contribution in [0.25, 0.3) is 0 Å². The fourth-order valence-electron chi connectivity index (χ4n) is 1.82. The molecule has 1 fully saturated rings. The molecule has 0 spiro atoms. The Balaban J connectivity index is 2.13. The van der Waals surface area contributed by atoms with Gasteiger partial charge in [0.05, 0.1) is 0 Å². The van der Waals surface area contributed by atoms with Crippen molar-refractivity contribution >= 4 is 5.91 Å². The van der Waals surface area contributed by atoms with Crippen LogP contribution in [0.2, 0.25) is 0 Å². The number of hydrogen-bond acceptors (Lipinski definition) is 1. The van der Waals surface area contributed by atoms with Crippen molar-refractivity contribution in [1.29, 1.82) is 0 Å². The van der Waals surface area contributed by atoms with E-state index in [-0.39, 0.29) is 5.91 Å². The minimum absolute atomic E-state index is 0.105. The molecule has 1 saturated carbocycles. The van der Waals surface area contributed by atoms with E-state index in [1.807, 2.05) is 0 Å². The first kappa shape index (κ1) is 9.56. The molecule has 70 valence electrons. The van der Waals surface area contributed by atoms with Gasteiger partial charge in [-0.3, -0.25) is 4.79 Å². The monoisotopic (exact) mass is 169 g/mol. The summed E-state index contributed by atoms with van der Waals surface area (Å²) in [5.41, 5.74) is 0. The van der Waals surface area contributed by atoms with Gasteiger partial charge in [0, 0.05) is 13.5 Å². The number of rotatable bonds is 2. The fraction of sp³-hybridized carbons (Fsp3) is 0.900. The largest absolute Gasteiger partial charge is 0.356 e. The number of carbonyl (C=O) groups excluding carboxylic acids is 1. The number of hydrogen-bond donors (Lipinski definition) is 1. The predicted octanol–water partition coefficient (Wildman–Crippen LogP) is 1.95. The summed E-state index contributed by atoms with van der Waals surface area (Å²) >= 11 is 0. The van der Waals surface area contributed by atoms with Gasteiger partial charge in [-0.05, 0) is 24.7 Å². The summed E-state index contributed by atoms with van der Waals surface area (Å²) in [7, 11) is 0. The van der Waals surface area contributed by atoms with E-state index in [1.165, 1.54) is 25.7 Å². The zero-order valence-electron chi connectivity index (χ0n) is 8.10. The molecule has 1 aliphatic rings. The first-order chi connectivity index (χ1) is 5.68. The second-order valence-electron chi connectivity index (χ2n) is 4.06. The van der Waals surface area contributed by atoms with Crippen molar-refractivity contribution < 1.29 is 4.79 Å². The van der Waals surface area contributed by atoms with Crippen molar-refractivity contribution in [3.63, 3.8) is 0 Å². The van der Waals surface area contributed by atoms with E-state index in [0.717, 1.165) is 18.4 Å². The van der Waals surface area contributed by atoms with Crippen LogP contribution in [-0.2, 0) is 4.79 Å². The quantitative estimate of drug-likeness (QED) is 0.672. The maximum Gasteiger partial charge on any atom is 0.216 e. The van der Waals surface area contributed by atoms with Crippen molar-refractivity contribution in [3.8, 4) is 0 Å². The molecule has 1 N–H and O–H groups in total. The molecule has 0 bridgehead atoms. The number of amides is 1. The molecule has 2 nitrogen and oxygen atoms in total. The van der Waals surface area contributed by atoms with Gasteiger partial charge in [-0.1, -0.05) is 19.8 Å². The molecule has 0 radical (unpaired) electrons. The van der Waals surface area contributed by atoms with Crippen LogP contribution in [0.4, 0.5) is 0 Å². The van der Waals surface area contributed by atoms with Gasteiger partial charge >= 0.3 is 0 Å². The van der Waals surface area contributed by atoms with Crippen molar-refractivity contribution in [2.45, 2.75) is 39.5 Å². The molecular formula is C10H19NO. The smallest absolute Gasteiger partial charge is 0.216 e. The highest BCUT2D eigenvalue weighted by atomic mass is 16.1. The lowest BCUT2D eigenvalue weighted by Crippen LogP contribution is -2.29. The summed E-state index contributed by atoms with van der Waals surface area (Å²) in [6.07, 6.45) is 5.26. The van der Waals surface area contributed by atoms with Crippen molar-refractivity contribution in [3.05, 3.63) is 0 Å². The number of nitrogens with one attached hydrogen (secondary N) is 1. The van der Waals surface area contributed by atoms with Crippen molar-refractivity contribution in [2.24, 2.45) is 11.8 Å². The molecule has 0 aliphatic heterocycles. The third-order valence-electron chi connectivity index (χ3n) is 2.78. The van der Waals surface area contributed by atoms with E-state index in [0.29, 0.717) is 0 Å².